The van der Waals surface area contributed by atoms with E-state index in [2.05, 4.69) is 34.3 Å². The van der Waals surface area contributed by atoms with E-state index in [9.17, 15) is 30.3 Å². The second-order valence-corrected chi connectivity index (χ2v) is 14.7. The molecular formula is C30H48O6. The van der Waals surface area contributed by atoms with Crippen LogP contribution in [-0.4, -0.2) is 56.4 Å². The van der Waals surface area contributed by atoms with E-state index in [1.165, 1.54) is 0 Å². The lowest BCUT2D eigenvalue weighted by Crippen LogP contribution is -2.72. The minimum Gasteiger partial charge on any atom is -0.481 e. The lowest BCUT2D eigenvalue weighted by atomic mass is 9.31. The molecule has 5 fully saturated rings. The lowest BCUT2D eigenvalue weighted by Gasteiger charge is -2.73. The van der Waals surface area contributed by atoms with Gasteiger partial charge < -0.3 is 25.5 Å². The fourth-order valence-electron chi connectivity index (χ4n) is 11.8. The number of carbonyl (C=O) groups is 1. The van der Waals surface area contributed by atoms with E-state index in [0.717, 1.165) is 37.7 Å². The van der Waals surface area contributed by atoms with Gasteiger partial charge in [-0.15, -0.1) is 0 Å². The monoisotopic (exact) mass is 504 g/mol. The molecule has 0 spiro atoms. The number of aliphatic hydroxyl groups excluding tert-OH is 4. The summed E-state index contributed by atoms with van der Waals surface area (Å²) in [5.41, 5.74) is -1.40. The summed E-state index contributed by atoms with van der Waals surface area (Å²) in [5.74, 6) is -0.245. The number of carboxylic acids is 1. The smallest absolute Gasteiger partial charge is 0.309 e. The number of aliphatic carboxylic acids is 1. The molecule has 0 amide bonds. The van der Waals surface area contributed by atoms with Crippen LogP contribution in [0.2, 0.25) is 0 Å². The molecular weight excluding hydrogens is 456 g/mol. The summed E-state index contributed by atoms with van der Waals surface area (Å²) in [6.45, 7) is 14.7. The normalized spacial score (nSPS) is 58.2. The molecule has 5 aliphatic rings. The Morgan fingerprint density at radius 3 is 2.17 bits per heavy atom. The fourth-order valence-corrected chi connectivity index (χ4v) is 11.8. The molecule has 0 aliphatic heterocycles. The molecule has 13 atom stereocenters. The topological polar surface area (TPSA) is 118 Å². The molecule has 204 valence electrons. The summed E-state index contributed by atoms with van der Waals surface area (Å²) >= 11 is 0. The highest BCUT2D eigenvalue weighted by Gasteiger charge is 2.74. The van der Waals surface area contributed by atoms with Gasteiger partial charge in [-0.05, 0) is 98.2 Å². The number of carboxylic acid groups (broad SMARTS) is 1. The lowest BCUT2D eigenvalue weighted by molar-refractivity contribution is -0.296. The first-order valence-corrected chi connectivity index (χ1v) is 14.2. The highest BCUT2D eigenvalue weighted by Crippen LogP contribution is 2.77. The molecule has 0 bridgehead atoms. The van der Waals surface area contributed by atoms with Crippen molar-refractivity contribution in [2.45, 2.75) is 104 Å². The van der Waals surface area contributed by atoms with Crippen LogP contribution in [0.5, 0.6) is 0 Å². The Balaban J connectivity index is 1.61. The van der Waals surface area contributed by atoms with Crippen LogP contribution >= 0.6 is 0 Å². The Morgan fingerprint density at radius 2 is 1.58 bits per heavy atom. The van der Waals surface area contributed by atoms with Crippen LogP contribution in [0, 0.1) is 56.7 Å². The van der Waals surface area contributed by atoms with Crippen LogP contribution in [0.25, 0.3) is 0 Å². The molecule has 0 aromatic heterocycles. The van der Waals surface area contributed by atoms with Crippen molar-refractivity contribution in [1.29, 1.82) is 0 Å². The molecule has 1 unspecified atom stereocenters. The quantitative estimate of drug-likeness (QED) is 0.371. The minimum absolute atomic E-state index is 0.0631. The SMILES string of the molecule is C=C(C)[C@@H]1CC[C@]2(C(=O)O)CC[C@]3(C)[C@H](CC[C@@H]4[C@@]5(C)C[C@@H](O)[C@H](O)C(C)(CO)[C@@H]5[C@H](O)C[C@]43C)[C@@H]12. The first-order chi connectivity index (χ1) is 16.6. The Morgan fingerprint density at radius 1 is 0.917 bits per heavy atom. The number of hydrogen-bond donors (Lipinski definition) is 5. The van der Waals surface area contributed by atoms with E-state index >= 15 is 0 Å². The van der Waals surface area contributed by atoms with Gasteiger partial charge in [-0.3, -0.25) is 4.79 Å². The van der Waals surface area contributed by atoms with E-state index < -0.39 is 40.5 Å². The molecule has 5 rings (SSSR count). The van der Waals surface area contributed by atoms with Gasteiger partial charge in [-0.2, -0.15) is 0 Å². The van der Waals surface area contributed by atoms with Gasteiger partial charge in [0.1, 0.15) is 0 Å². The fraction of sp³-hybridized carbons (Fsp3) is 0.900. The third-order valence-corrected chi connectivity index (χ3v) is 13.5. The van der Waals surface area contributed by atoms with Gasteiger partial charge in [0, 0.05) is 11.3 Å². The van der Waals surface area contributed by atoms with Crippen molar-refractivity contribution in [2.24, 2.45) is 56.7 Å². The van der Waals surface area contributed by atoms with Crippen molar-refractivity contribution < 1.29 is 30.3 Å². The Kier molecular flexibility index (Phi) is 5.95. The van der Waals surface area contributed by atoms with Crippen LogP contribution < -0.4 is 0 Å². The summed E-state index contributed by atoms with van der Waals surface area (Å²) in [5, 5.41) is 54.7. The molecule has 36 heavy (non-hydrogen) atoms. The molecule has 5 N–H and O–H groups in total. The summed E-state index contributed by atoms with van der Waals surface area (Å²) < 4.78 is 0. The summed E-state index contributed by atoms with van der Waals surface area (Å²) in [7, 11) is 0. The van der Waals surface area contributed by atoms with Crippen molar-refractivity contribution in [2.75, 3.05) is 6.61 Å². The van der Waals surface area contributed by atoms with Crippen molar-refractivity contribution in [3.8, 4) is 0 Å². The van der Waals surface area contributed by atoms with Gasteiger partial charge in [0.15, 0.2) is 0 Å². The predicted octanol–water partition coefficient (Wildman–Crippen LogP) is 4.00. The maximum absolute atomic E-state index is 12.8. The number of hydrogen-bond acceptors (Lipinski definition) is 5. The average Bonchev–Trinajstić information content (AvgIpc) is 3.19. The van der Waals surface area contributed by atoms with E-state index in [4.69, 9.17) is 0 Å². The summed E-state index contributed by atoms with van der Waals surface area (Å²) in [4.78, 5) is 12.8. The van der Waals surface area contributed by atoms with Gasteiger partial charge in [0.05, 0.1) is 30.3 Å². The number of aliphatic hydroxyl groups is 4. The number of rotatable bonds is 3. The van der Waals surface area contributed by atoms with E-state index in [-0.39, 0.29) is 47.0 Å². The highest BCUT2D eigenvalue weighted by molar-refractivity contribution is 5.76. The molecule has 0 radical (unpaired) electrons. The van der Waals surface area contributed by atoms with Crippen LogP contribution in [0.3, 0.4) is 0 Å². The molecule has 6 nitrogen and oxygen atoms in total. The Hall–Kier alpha value is -0.950. The van der Waals surface area contributed by atoms with Crippen LogP contribution in [-0.2, 0) is 4.79 Å². The van der Waals surface area contributed by atoms with Gasteiger partial charge in [0.25, 0.3) is 0 Å². The van der Waals surface area contributed by atoms with Crippen LogP contribution in [0.4, 0.5) is 0 Å². The zero-order chi connectivity index (χ0) is 26.6. The van der Waals surface area contributed by atoms with Gasteiger partial charge >= 0.3 is 5.97 Å². The molecule has 0 aromatic carbocycles. The van der Waals surface area contributed by atoms with Crippen molar-refractivity contribution in [1.82, 2.24) is 0 Å². The molecule has 0 saturated heterocycles. The third-order valence-electron chi connectivity index (χ3n) is 13.5. The second-order valence-electron chi connectivity index (χ2n) is 14.7. The van der Waals surface area contributed by atoms with Crippen LogP contribution in [0.15, 0.2) is 12.2 Å². The van der Waals surface area contributed by atoms with Gasteiger partial charge in [-0.1, -0.05) is 39.8 Å². The maximum Gasteiger partial charge on any atom is 0.309 e. The molecule has 0 heterocycles. The van der Waals surface area contributed by atoms with E-state index in [1.807, 2.05) is 6.92 Å². The Bertz CT molecular complexity index is 950. The standard InChI is InChI=1S/C30H48O6/c1-16(2)17-9-10-30(25(35)36)12-11-28(5)18(22(17)30)7-8-21-26(3)13-20(33)24(34)27(4,15-31)23(26)19(32)14-29(21,28)6/h17-24,31-34H,1,7-15H2,2-6H3,(H,35,36)/t17-,18+,19+,20+,21+,22+,23+,24-,26+,27?,28+,29+,30-/m0/s1. The van der Waals surface area contributed by atoms with Crippen molar-refractivity contribution >= 4 is 5.97 Å². The molecule has 0 aromatic rings. The first-order valence-electron chi connectivity index (χ1n) is 14.2. The predicted molar refractivity (Wildman–Crippen MR) is 137 cm³/mol. The zero-order valence-corrected chi connectivity index (χ0v) is 22.8. The summed E-state index contributed by atoms with van der Waals surface area (Å²) in [6, 6.07) is 0. The van der Waals surface area contributed by atoms with E-state index in [1.54, 1.807) is 0 Å². The van der Waals surface area contributed by atoms with Crippen LogP contribution in [0.1, 0.15) is 86.0 Å². The molecule has 5 aliphatic carbocycles. The third kappa shape index (κ3) is 2.96. The average molecular weight is 505 g/mol. The minimum atomic E-state index is -1.08. The van der Waals surface area contributed by atoms with Gasteiger partial charge in [-0.25, -0.2) is 0 Å². The maximum atomic E-state index is 12.8. The number of fused-ring (bicyclic) bond motifs is 7. The highest BCUT2D eigenvalue weighted by atomic mass is 16.4. The first kappa shape index (κ1) is 26.6. The number of allylic oxidation sites excluding steroid dienone is 1. The zero-order valence-electron chi connectivity index (χ0n) is 22.8. The van der Waals surface area contributed by atoms with Crippen molar-refractivity contribution in [3.63, 3.8) is 0 Å². The van der Waals surface area contributed by atoms with Crippen molar-refractivity contribution in [3.05, 3.63) is 12.2 Å². The molecule has 5 saturated carbocycles. The second kappa shape index (κ2) is 8.03. The Labute approximate surface area is 216 Å². The molecule has 6 heteroatoms. The van der Waals surface area contributed by atoms with E-state index in [0.29, 0.717) is 19.3 Å². The van der Waals surface area contributed by atoms with Gasteiger partial charge in [0.2, 0.25) is 0 Å². The largest absolute Gasteiger partial charge is 0.481 e. The summed E-state index contributed by atoms with van der Waals surface area (Å²) in [6.07, 6.45) is 3.20.